The average Bonchev–Trinajstić information content (AvgIpc) is 2.85. The van der Waals surface area contributed by atoms with Gasteiger partial charge in [0.05, 0.1) is 18.5 Å². The quantitative estimate of drug-likeness (QED) is 0.472. The zero-order chi connectivity index (χ0) is 28.5. The van der Waals surface area contributed by atoms with E-state index in [-0.39, 0.29) is 30.3 Å². The Morgan fingerprint density at radius 3 is 2.41 bits per heavy atom. The van der Waals surface area contributed by atoms with Gasteiger partial charge in [-0.15, -0.1) is 0 Å². The van der Waals surface area contributed by atoms with Gasteiger partial charge in [-0.1, -0.05) is 17.7 Å². The largest absolute Gasteiger partial charge is 0.493 e. The number of amides is 2. The summed E-state index contributed by atoms with van der Waals surface area (Å²) in [6.45, 7) is 4.90. The molecule has 4 rings (SSSR count). The predicted molar refractivity (Wildman–Crippen MR) is 139 cm³/mol. The normalized spacial score (nSPS) is 13.1. The first-order chi connectivity index (χ1) is 18.4. The van der Waals surface area contributed by atoms with Crippen molar-refractivity contribution in [2.45, 2.75) is 46.5 Å². The van der Waals surface area contributed by atoms with E-state index >= 15 is 0 Å². The van der Waals surface area contributed by atoms with Crippen molar-refractivity contribution in [3.63, 3.8) is 0 Å². The summed E-state index contributed by atoms with van der Waals surface area (Å²) in [5, 5.41) is 2.49. The van der Waals surface area contributed by atoms with Crippen molar-refractivity contribution in [1.82, 2.24) is 14.5 Å². The fraction of sp³-hybridized carbons (Fsp3) is 0.370. The number of aromatic nitrogens is 2. The number of alkyl halides is 3. The molecule has 208 valence electrons. The highest BCUT2D eigenvalue weighted by molar-refractivity contribution is 5.71. The van der Waals surface area contributed by atoms with Crippen molar-refractivity contribution >= 4 is 11.7 Å². The molecule has 0 radical (unpaired) electrons. The highest BCUT2D eigenvalue weighted by atomic mass is 19.4. The molecule has 0 saturated heterocycles. The summed E-state index contributed by atoms with van der Waals surface area (Å²) in [5.74, 6) is 0.0914. The SMILES string of the molecule is COc1cc2c(cc1OCC(F)(F)F)-c1cc(=Nc3c(C)cc(C)cc3C)n(CCNC(N)=O)c(=O)n1CC2. The molecule has 2 heterocycles. The number of methoxy groups -OCH3 is 1. The number of rotatable bonds is 7. The summed E-state index contributed by atoms with van der Waals surface area (Å²) >= 11 is 0. The fourth-order valence-corrected chi connectivity index (χ4v) is 4.83. The lowest BCUT2D eigenvalue weighted by molar-refractivity contribution is -0.153. The Labute approximate surface area is 222 Å². The topological polar surface area (TPSA) is 113 Å². The molecule has 3 N–H and O–H groups in total. The minimum atomic E-state index is -4.53. The minimum absolute atomic E-state index is 0.0828. The number of aryl methyl sites for hydroxylation is 4. The van der Waals surface area contributed by atoms with E-state index in [2.05, 4.69) is 5.32 Å². The Bertz CT molecular complexity index is 1530. The van der Waals surface area contributed by atoms with Gasteiger partial charge in [-0.25, -0.2) is 14.6 Å². The second-order valence-electron chi connectivity index (χ2n) is 9.44. The van der Waals surface area contributed by atoms with Crippen molar-refractivity contribution in [2.24, 2.45) is 10.7 Å². The molecule has 0 aliphatic carbocycles. The summed E-state index contributed by atoms with van der Waals surface area (Å²) in [6.07, 6.45) is -4.08. The van der Waals surface area contributed by atoms with E-state index in [1.807, 2.05) is 32.9 Å². The number of carbonyl (C=O) groups is 1. The van der Waals surface area contributed by atoms with Crippen LogP contribution in [0.2, 0.25) is 0 Å². The molecule has 12 heteroatoms. The van der Waals surface area contributed by atoms with Crippen molar-refractivity contribution in [2.75, 3.05) is 20.3 Å². The minimum Gasteiger partial charge on any atom is -0.493 e. The monoisotopic (exact) mass is 545 g/mol. The number of primary amides is 1. The second kappa shape index (κ2) is 10.9. The number of benzene rings is 2. The lowest BCUT2D eigenvalue weighted by Gasteiger charge is -2.25. The average molecular weight is 546 g/mol. The van der Waals surface area contributed by atoms with Crippen LogP contribution < -0.4 is 31.7 Å². The maximum Gasteiger partial charge on any atom is 0.422 e. The highest BCUT2D eigenvalue weighted by Gasteiger charge is 2.30. The summed E-state index contributed by atoms with van der Waals surface area (Å²) in [7, 11) is 1.36. The Kier molecular flexibility index (Phi) is 7.75. The zero-order valence-corrected chi connectivity index (χ0v) is 22.1. The molecule has 0 unspecified atom stereocenters. The van der Waals surface area contributed by atoms with Gasteiger partial charge < -0.3 is 20.5 Å². The van der Waals surface area contributed by atoms with Crippen LogP contribution in [-0.4, -0.2) is 41.6 Å². The van der Waals surface area contributed by atoms with Crippen molar-refractivity contribution < 1.29 is 27.4 Å². The van der Waals surface area contributed by atoms with Gasteiger partial charge in [-0.05, 0) is 56.0 Å². The van der Waals surface area contributed by atoms with Crippen molar-refractivity contribution in [1.29, 1.82) is 0 Å². The van der Waals surface area contributed by atoms with Crippen LogP contribution in [0.25, 0.3) is 11.3 Å². The number of urea groups is 1. The first kappa shape index (κ1) is 27.8. The standard InChI is InChI=1S/C27H30F3N5O4/c1-15-9-16(2)24(17(3)10-15)33-23-13-20-19-12-22(39-14-27(28,29)30)21(38-4)11-18(19)5-7-34(20)26(37)35(23)8-6-32-25(31)36/h9-13H,5-8,14H2,1-4H3,(H3,31,32,36). The number of hydrogen-bond donors (Lipinski definition) is 2. The summed E-state index contributed by atoms with van der Waals surface area (Å²) in [6, 6.07) is 8.09. The predicted octanol–water partition coefficient (Wildman–Crippen LogP) is 3.65. The first-order valence-electron chi connectivity index (χ1n) is 12.3. The van der Waals surface area contributed by atoms with Crippen LogP contribution in [0.5, 0.6) is 11.5 Å². The highest BCUT2D eigenvalue weighted by Crippen LogP contribution is 2.38. The Balaban J connectivity index is 1.94. The van der Waals surface area contributed by atoms with Crippen LogP contribution in [0.15, 0.2) is 40.1 Å². The number of nitrogens with two attached hydrogens (primary N) is 1. The second-order valence-corrected chi connectivity index (χ2v) is 9.44. The van der Waals surface area contributed by atoms with Crippen LogP contribution in [-0.2, 0) is 19.5 Å². The van der Waals surface area contributed by atoms with Crippen molar-refractivity contribution in [3.8, 4) is 22.8 Å². The van der Waals surface area contributed by atoms with Gasteiger partial charge >= 0.3 is 17.9 Å². The molecule has 0 fully saturated rings. The molecule has 9 nitrogen and oxygen atoms in total. The molecule has 0 spiro atoms. The van der Waals surface area contributed by atoms with Gasteiger partial charge in [0.1, 0.15) is 5.49 Å². The summed E-state index contributed by atoms with van der Waals surface area (Å²) in [4.78, 5) is 29.8. The molecule has 1 aromatic heterocycles. The van der Waals surface area contributed by atoms with E-state index in [1.165, 1.54) is 17.7 Å². The molecular weight excluding hydrogens is 515 g/mol. The third-order valence-electron chi connectivity index (χ3n) is 6.45. The van der Waals surface area contributed by atoms with Crippen LogP contribution in [0.1, 0.15) is 22.3 Å². The van der Waals surface area contributed by atoms with E-state index in [9.17, 15) is 22.8 Å². The van der Waals surface area contributed by atoms with E-state index in [0.717, 1.165) is 22.3 Å². The van der Waals surface area contributed by atoms with Crippen LogP contribution in [0, 0.1) is 20.8 Å². The van der Waals surface area contributed by atoms with Gasteiger partial charge in [0.2, 0.25) is 0 Å². The maximum absolute atomic E-state index is 13.7. The van der Waals surface area contributed by atoms with Crippen molar-refractivity contribution in [3.05, 3.63) is 68.6 Å². The Morgan fingerprint density at radius 1 is 1.10 bits per heavy atom. The molecule has 0 bridgehead atoms. The van der Waals surface area contributed by atoms with Gasteiger partial charge in [0, 0.05) is 31.3 Å². The van der Waals surface area contributed by atoms with E-state index in [0.29, 0.717) is 35.4 Å². The molecule has 1 aliphatic heterocycles. The number of ether oxygens (including phenoxy) is 2. The number of hydrogen-bond acceptors (Lipinski definition) is 5. The Hall–Kier alpha value is -4.22. The lowest BCUT2D eigenvalue weighted by Crippen LogP contribution is -2.44. The third kappa shape index (κ3) is 6.10. The number of nitrogens with zero attached hydrogens (tertiary/aromatic N) is 3. The van der Waals surface area contributed by atoms with Gasteiger partial charge in [-0.2, -0.15) is 13.2 Å². The molecule has 2 amide bonds. The van der Waals surface area contributed by atoms with E-state index in [4.69, 9.17) is 20.2 Å². The molecular formula is C27H30F3N5O4. The fourth-order valence-electron chi connectivity index (χ4n) is 4.83. The Morgan fingerprint density at radius 2 is 1.79 bits per heavy atom. The van der Waals surface area contributed by atoms with E-state index < -0.39 is 18.8 Å². The molecule has 1 aliphatic rings. The summed E-state index contributed by atoms with van der Waals surface area (Å²) in [5.41, 5.74) is 10.6. The van der Waals surface area contributed by atoms with E-state index in [1.54, 1.807) is 16.7 Å². The maximum atomic E-state index is 13.7. The van der Waals surface area contributed by atoms with Crippen LogP contribution >= 0.6 is 0 Å². The third-order valence-corrected chi connectivity index (χ3v) is 6.45. The van der Waals surface area contributed by atoms with Gasteiger partial charge in [-0.3, -0.25) is 9.13 Å². The molecule has 0 atom stereocenters. The van der Waals surface area contributed by atoms with Crippen LogP contribution in [0.4, 0.5) is 23.7 Å². The number of fused-ring (bicyclic) bond motifs is 3. The lowest BCUT2D eigenvalue weighted by atomic mass is 9.97. The summed E-state index contributed by atoms with van der Waals surface area (Å²) < 4.78 is 52.0. The smallest absolute Gasteiger partial charge is 0.422 e. The first-order valence-corrected chi connectivity index (χ1v) is 12.3. The number of nitrogens with one attached hydrogen (secondary N) is 1. The number of halogens is 3. The zero-order valence-electron chi connectivity index (χ0n) is 22.1. The molecule has 3 aromatic rings. The van der Waals surface area contributed by atoms with Gasteiger partial charge in [0.25, 0.3) is 0 Å². The number of carbonyl (C=O) groups excluding carboxylic acids is 1. The van der Waals surface area contributed by atoms with Gasteiger partial charge in [0.15, 0.2) is 18.1 Å². The molecule has 0 saturated carbocycles. The van der Waals surface area contributed by atoms with Crippen LogP contribution in [0.3, 0.4) is 0 Å². The molecule has 39 heavy (non-hydrogen) atoms. The molecule has 2 aromatic carbocycles.